The Morgan fingerprint density at radius 2 is 2.06 bits per heavy atom. The van der Waals surface area contributed by atoms with Crippen LogP contribution in [0.5, 0.6) is 0 Å². The fourth-order valence-electron chi connectivity index (χ4n) is 2.38. The van der Waals surface area contributed by atoms with Crippen LogP contribution in [-0.2, 0) is 0 Å². The minimum absolute atomic E-state index is 0.651. The quantitative estimate of drug-likeness (QED) is 0.318. The third-order valence-corrected chi connectivity index (χ3v) is 3.92. The first kappa shape index (κ1) is 13.4. The summed E-state index contributed by atoms with van der Waals surface area (Å²) in [5.41, 5.74) is 2.57. The molecule has 1 heterocycles. The van der Waals surface area contributed by atoms with Crippen LogP contribution in [0.1, 0.15) is 32.1 Å². The van der Waals surface area contributed by atoms with Gasteiger partial charge in [-0.2, -0.15) is 0 Å². The van der Waals surface area contributed by atoms with Crippen molar-refractivity contribution in [2.24, 2.45) is 11.8 Å². The number of hydrazine groups is 1. The number of anilines is 2. The SMILES string of the molecule is CSc1nc(NN)cc(NCCC2CCCC2)n1. The largest absolute Gasteiger partial charge is 0.370 e. The zero-order chi connectivity index (χ0) is 12.8. The molecule has 4 N–H and O–H groups in total. The van der Waals surface area contributed by atoms with E-state index in [4.69, 9.17) is 5.84 Å². The highest BCUT2D eigenvalue weighted by Crippen LogP contribution is 2.27. The van der Waals surface area contributed by atoms with Crippen LogP contribution >= 0.6 is 11.8 Å². The molecule has 5 nitrogen and oxygen atoms in total. The van der Waals surface area contributed by atoms with E-state index in [1.807, 2.05) is 12.3 Å². The summed E-state index contributed by atoms with van der Waals surface area (Å²) < 4.78 is 0. The van der Waals surface area contributed by atoms with Gasteiger partial charge >= 0.3 is 0 Å². The maximum atomic E-state index is 5.39. The zero-order valence-corrected chi connectivity index (χ0v) is 11.6. The van der Waals surface area contributed by atoms with Gasteiger partial charge in [0, 0.05) is 12.6 Å². The average molecular weight is 267 g/mol. The van der Waals surface area contributed by atoms with Crippen molar-refractivity contribution in [3.8, 4) is 0 Å². The number of nitrogens with zero attached hydrogens (tertiary/aromatic N) is 2. The molecule has 0 saturated heterocycles. The number of aromatic nitrogens is 2. The lowest BCUT2D eigenvalue weighted by molar-refractivity contribution is 0.518. The summed E-state index contributed by atoms with van der Waals surface area (Å²) in [7, 11) is 0. The molecule has 0 aliphatic heterocycles. The van der Waals surface area contributed by atoms with E-state index in [-0.39, 0.29) is 0 Å². The maximum absolute atomic E-state index is 5.39. The molecular formula is C12H21N5S. The van der Waals surface area contributed by atoms with Crippen molar-refractivity contribution in [1.82, 2.24) is 9.97 Å². The van der Waals surface area contributed by atoms with Gasteiger partial charge in [0.15, 0.2) is 5.16 Å². The molecule has 6 heteroatoms. The minimum atomic E-state index is 0.651. The van der Waals surface area contributed by atoms with Crippen LogP contribution < -0.4 is 16.6 Å². The molecule has 1 aromatic rings. The van der Waals surface area contributed by atoms with Gasteiger partial charge in [-0.1, -0.05) is 37.4 Å². The maximum Gasteiger partial charge on any atom is 0.191 e. The van der Waals surface area contributed by atoms with Gasteiger partial charge in [0.1, 0.15) is 11.6 Å². The number of nitrogens with one attached hydrogen (secondary N) is 2. The number of hydrogen-bond acceptors (Lipinski definition) is 6. The van der Waals surface area contributed by atoms with Crippen LogP contribution in [0.25, 0.3) is 0 Å². The molecule has 1 aliphatic rings. The first-order valence-corrected chi connectivity index (χ1v) is 7.68. The molecule has 1 fully saturated rings. The van der Waals surface area contributed by atoms with Crippen LogP contribution in [0.4, 0.5) is 11.6 Å². The van der Waals surface area contributed by atoms with E-state index >= 15 is 0 Å². The van der Waals surface area contributed by atoms with Gasteiger partial charge in [-0.05, 0) is 18.6 Å². The lowest BCUT2D eigenvalue weighted by Crippen LogP contribution is -2.12. The molecule has 0 unspecified atom stereocenters. The molecule has 1 aliphatic carbocycles. The molecular weight excluding hydrogens is 246 g/mol. The van der Waals surface area contributed by atoms with Crippen LogP contribution in [0, 0.1) is 5.92 Å². The van der Waals surface area contributed by atoms with Gasteiger partial charge in [-0.3, -0.25) is 0 Å². The Bertz CT molecular complexity index is 356. The van der Waals surface area contributed by atoms with Crippen LogP contribution in [0.15, 0.2) is 11.2 Å². The first-order chi connectivity index (χ1) is 8.81. The molecule has 0 aromatic carbocycles. The van der Waals surface area contributed by atoms with Crippen LogP contribution in [-0.4, -0.2) is 22.8 Å². The summed E-state index contributed by atoms with van der Waals surface area (Å²) in [4.78, 5) is 8.64. The summed E-state index contributed by atoms with van der Waals surface area (Å²) in [6.07, 6.45) is 8.75. The van der Waals surface area contributed by atoms with E-state index < -0.39 is 0 Å². The van der Waals surface area contributed by atoms with Crippen LogP contribution in [0.3, 0.4) is 0 Å². The molecule has 0 spiro atoms. The monoisotopic (exact) mass is 267 g/mol. The number of nitrogen functional groups attached to an aromatic ring is 1. The zero-order valence-electron chi connectivity index (χ0n) is 10.8. The Hall–Kier alpha value is -1.01. The smallest absolute Gasteiger partial charge is 0.191 e. The summed E-state index contributed by atoms with van der Waals surface area (Å²) in [6.45, 7) is 0.972. The van der Waals surface area contributed by atoms with E-state index in [2.05, 4.69) is 20.7 Å². The molecule has 0 bridgehead atoms. The molecule has 2 rings (SSSR count). The third kappa shape index (κ3) is 3.74. The van der Waals surface area contributed by atoms with Crippen molar-refractivity contribution in [2.45, 2.75) is 37.3 Å². The fourth-order valence-corrected chi connectivity index (χ4v) is 2.76. The normalized spacial score (nSPS) is 15.9. The lowest BCUT2D eigenvalue weighted by atomic mass is 10.0. The molecule has 100 valence electrons. The predicted molar refractivity (Wildman–Crippen MR) is 76.7 cm³/mol. The highest BCUT2D eigenvalue weighted by molar-refractivity contribution is 7.98. The number of rotatable bonds is 6. The van der Waals surface area contributed by atoms with Gasteiger partial charge in [-0.25, -0.2) is 15.8 Å². The molecule has 0 amide bonds. The highest BCUT2D eigenvalue weighted by atomic mass is 32.2. The number of thioether (sulfide) groups is 1. The Balaban J connectivity index is 1.87. The van der Waals surface area contributed by atoms with Crippen molar-refractivity contribution < 1.29 is 0 Å². The van der Waals surface area contributed by atoms with Gasteiger partial charge in [-0.15, -0.1) is 0 Å². The summed E-state index contributed by atoms with van der Waals surface area (Å²) >= 11 is 1.51. The second-order valence-electron chi connectivity index (χ2n) is 4.64. The molecule has 0 radical (unpaired) electrons. The van der Waals surface area contributed by atoms with Gasteiger partial charge in [0.05, 0.1) is 0 Å². The topological polar surface area (TPSA) is 75.9 Å². The molecule has 1 aromatic heterocycles. The Kier molecular flexibility index (Phi) is 5.07. The van der Waals surface area contributed by atoms with Gasteiger partial charge in [0.25, 0.3) is 0 Å². The summed E-state index contributed by atoms with van der Waals surface area (Å²) in [5, 5.41) is 4.09. The number of hydrogen-bond donors (Lipinski definition) is 3. The lowest BCUT2D eigenvalue weighted by Gasteiger charge is -2.11. The van der Waals surface area contributed by atoms with Gasteiger partial charge in [0.2, 0.25) is 0 Å². The van der Waals surface area contributed by atoms with E-state index in [0.717, 1.165) is 23.4 Å². The Morgan fingerprint density at radius 1 is 1.33 bits per heavy atom. The van der Waals surface area contributed by atoms with Crippen molar-refractivity contribution in [3.05, 3.63) is 6.07 Å². The standard InChI is InChI=1S/C12H21N5S/c1-18-12-15-10(8-11(16-12)17-13)14-7-6-9-4-2-3-5-9/h8-9H,2-7,13H2,1H3,(H2,14,15,16,17). The van der Waals surface area contributed by atoms with E-state index in [1.165, 1.54) is 43.9 Å². The Morgan fingerprint density at radius 3 is 2.72 bits per heavy atom. The molecule has 0 atom stereocenters. The van der Waals surface area contributed by atoms with Crippen molar-refractivity contribution >= 4 is 23.4 Å². The molecule has 18 heavy (non-hydrogen) atoms. The Labute approximate surface area is 112 Å². The van der Waals surface area contributed by atoms with E-state index in [9.17, 15) is 0 Å². The van der Waals surface area contributed by atoms with E-state index in [0.29, 0.717) is 5.82 Å². The second-order valence-corrected chi connectivity index (χ2v) is 5.41. The first-order valence-electron chi connectivity index (χ1n) is 6.45. The summed E-state index contributed by atoms with van der Waals surface area (Å²) in [5.74, 6) is 7.79. The van der Waals surface area contributed by atoms with E-state index in [1.54, 1.807) is 0 Å². The van der Waals surface area contributed by atoms with Gasteiger partial charge < -0.3 is 10.7 Å². The predicted octanol–water partition coefficient (Wildman–Crippen LogP) is 2.48. The highest BCUT2D eigenvalue weighted by Gasteiger charge is 2.14. The minimum Gasteiger partial charge on any atom is -0.370 e. The summed E-state index contributed by atoms with van der Waals surface area (Å²) in [6, 6.07) is 1.84. The van der Waals surface area contributed by atoms with Crippen molar-refractivity contribution in [1.29, 1.82) is 0 Å². The van der Waals surface area contributed by atoms with Crippen molar-refractivity contribution in [2.75, 3.05) is 23.5 Å². The third-order valence-electron chi connectivity index (χ3n) is 3.37. The molecule has 1 saturated carbocycles. The number of nitrogens with two attached hydrogens (primary N) is 1. The average Bonchev–Trinajstić information content (AvgIpc) is 2.91. The van der Waals surface area contributed by atoms with Crippen LogP contribution in [0.2, 0.25) is 0 Å². The van der Waals surface area contributed by atoms with Crippen molar-refractivity contribution in [3.63, 3.8) is 0 Å². The fraction of sp³-hybridized carbons (Fsp3) is 0.667. The second kappa shape index (κ2) is 6.80.